The quantitative estimate of drug-likeness (QED) is 0.399. The molecule has 0 bridgehead atoms. The van der Waals surface area contributed by atoms with Crippen LogP contribution in [0.15, 0.2) is 67.1 Å². The van der Waals surface area contributed by atoms with Gasteiger partial charge in [-0.3, -0.25) is 0 Å². The first-order chi connectivity index (χ1) is 16.1. The molecule has 166 valence electrons. The molecule has 0 saturated carbocycles. The number of rotatable bonds is 5. The van der Waals surface area contributed by atoms with Gasteiger partial charge in [0.15, 0.2) is 0 Å². The van der Waals surface area contributed by atoms with Crippen LogP contribution in [0.2, 0.25) is 0 Å². The van der Waals surface area contributed by atoms with Gasteiger partial charge in [-0.1, -0.05) is 50.6 Å². The highest BCUT2D eigenvalue weighted by Crippen LogP contribution is 2.36. The van der Waals surface area contributed by atoms with E-state index in [0.717, 1.165) is 61.2 Å². The van der Waals surface area contributed by atoms with Gasteiger partial charge >= 0.3 is 0 Å². The van der Waals surface area contributed by atoms with Gasteiger partial charge in [0.05, 0.1) is 17.3 Å². The monoisotopic (exact) mass is 435 g/mol. The summed E-state index contributed by atoms with van der Waals surface area (Å²) in [6.45, 7) is 6.54. The summed E-state index contributed by atoms with van der Waals surface area (Å²) >= 11 is 0. The van der Waals surface area contributed by atoms with Gasteiger partial charge in [0.2, 0.25) is 0 Å². The van der Waals surface area contributed by atoms with Crippen LogP contribution in [0.4, 0.5) is 5.82 Å². The second-order valence-corrected chi connectivity index (χ2v) is 9.29. The number of nitriles is 1. The zero-order valence-corrected chi connectivity index (χ0v) is 19.3. The number of benzene rings is 1. The number of hydrogen-bond acceptors (Lipinski definition) is 4. The van der Waals surface area contributed by atoms with Crippen LogP contribution in [0, 0.1) is 11.3 Å². The molecular formula is C28H29N5. The largest absolute Gasteiger partial charge is 0.357 e. The zero-order chi connectivity index (χ0) is 22.8. The van der Waals surface area contributed by atoms with Crippen molar-refractivity contribution in [2.75, 3.05) is 18.0 Å². The van der Waals surface area contributed by atoms with Crippen LogP contribution in [0.25, 0.3) is 16.6 Å². The molecule has 1 aliphatic heterocycles. The molecule has 5 heteroatoms. The minimum atomic E-state index is 0.221. The Hall–Kier alpha value is -3.65. The second kappa shape index (κ2) is 8.71. The Morgan fingerprint density at radius 2 is 1.85 bits per heavy atom. The lowest BCUT2D eigenvalue weighted by molar-refractivity contribution is 0.361. The van der Waals surface area contributed by atoms with E-state index in [4.69, 9.17) is 4.98 Å². The maximum atomic E-state index is 9.58. The van der Waals surface area contributed by atoms with Crippen LogP contribution in [-0.2, 0) is 11.8 Å². The van der Waals surface area contributed by atoms with E-state index < -0.39 is 0 Å². The highest BCUT2D eigenvalue weighted by atomic mass is 15.2. The predicted octanol–water partition coefficient (Wildman–Crippen LogP) is 5.78. The Bertz CT molecular complexity index is 1290. The summed E-state index contributed by atoms with van der Waals surface area (Å²) in [5.41, 5.74) is 6.34. The van der Waals surface area contributed by atoms with Crippen molar-refractivity contribution in [1.82, 2.24) is 14.6 Å². The first-order valence-corrected chi connectivity index (χ1v) is 11.8. The summed E-state index contributed by atoms with van der Waals surface area (Å²) in [6.07, 6.45) is 9.88. The smallest absolute Gasteiger partial charge is 0.128 e. The van der Waals surface area contributed by atoms with Crippen molar-refractivity contribution in [2.45, 2.75) is 44.9 Å². The van der Waals surface area contributed by atoms with Crippen LogP contribution in [0.3, 0.4) is 0 Å². The Balaban J connectivity index is 1.40. The van der Waals surface area contributed by atoms with Gasteiger partial charge in [-0.15, -0.1) is 0 Å². The van der Waals surface area contributed by atoms with E-state index >= 15 is 0 Å². The molecule has 0 aliphatic carbocycles. The van der Waals surface area contributed by atoms with E-state index in [1.165, 1.54) is 11.1 Å². The van der Waals surface area contributed by atoms with Crippen molar-refractivity contribution in [3.63, 3.8) is 0 Å². The standard InChI is InChI=1S/C28H29N5/c1-3-7-21-16-25(27-23(17-29)19-31-33(27)20-21)22-10-11-26(30-18-22)32-14-12-28(2,13-15-32)24-8-5-4-6-9-24/h4-6,8-11,16,18-20H,3,7,12-15H2,1-2H3. The zero-order valence-electron chi connectivity index (χ0n) is 19.3. The second-order valence-electron chi connectivity index (χ2n) is 9.29. The Labute approximate surface area is 195 Å². The number of nitrogens with zero attached hydrogens (tertiary/aromatic N) is 5. The van der Waals surface area contributed by atoms with Crippen LogP contribution >= 0.6 is 0 Å². The van der Waals surface area contributed by atoms with Gasteiger partial charge < -0.3 is 4.90 Å². The molecule has 33 heavy (non-hydrogen) atoms. The first kappa shape index (κ1) is 21.2. The van der Waals surface area contributed by atoms with Gasteiger partial charge in [0.1, 0.15) is 11.9 Å². The summed E-state index contributed by atoms with van der Waals surface area (Å²) in [5, 5.41) is 14.0. The van der Waals surface area contributed by atoms with Crippen molar-refractivity contribution >= 4 is 11.3 Å². The molecule has 0 spiro atoms. The van der Waals surface area contributed by atoms with E-state index in [9.17, 15) is 5.26 Å². The Kier molecular flexibility index (Phi) is 5.60. The van der Waals surface area contributed by atoms with Gasteiger partial charge in [-0.2, -0.15) is 10.4 Å². The number of aryl methyl sites for hydroxylation is 1. The number of fused-ring (bicyclic) bond motifs is 1. The summed E-state index contributed by atoms with van der Waals surface area (Å²) < 4.78 is 1.84. The molecule has 3 aromatic heterocycles. The van der Waals surface area contributed by atoms with Gasteiger partial charge in [-0.05, 0) is 54.0 Å². The van der Waals surface area contributed by atoms with E-state index in [1.54, 1.807) is 6.20 Å². The summed E-state index contributed by atoms with van der Waals surface area (Å²) in [5.74, 6) is 1.02. The third-order valence-corrected chi connectivity index (χ3v) is 7.05. The van der Waals surface area contributed by atoms with Crippen molar-refractivity contribution in [3.05, 3.63) is 83.8 Å². The molecule has 0 atom stereocenters. The fourth-order valence-corrected chi connectivity index (χ4v) is 4.99. The molecule has 5 nitrogen and oxygen atoms in total. The Morgan fingerprint density at radius 3 is 2.52 bits per heavy atom. The van der Waals surface area contributed by atoms with Crippen LogP contribution < -0.4 is 4.90 Å². The van der Waals surface area contributed by atoms with Gasteiger partial charge in [-0.25, -0.2) is 9.50 Å². The molecule has 1 saturated heterocycles. The molecule has 4 heterocycles. The maximum absolute atomic E-state index is 9.58. The van der Waals surface area contributed by atoms with Crippen molar-refractivity contribution < 1.29 is 0 Å². The Morgan fingerprint density at radius 1 is 1.06 bits per heavy atom. The molecular weight excluding hydrogens is 406 g/mol. The fourth-order valence-electron chi connectivity index (χ4n) is 4.99. The van der Waals surface area contributed by atoms with Gasteiger partial charge in [0, 0.05) is 36.6 Å². The molecule has 1 aliphatic rings. The maximum Gasteiger partial charge on any atom is 0.128 e. The SMILES string of the molecule is CCCc1cc(-c2ccc(N3CCC(C)(c4ccccc4)CC3)nc2)c2c(C#N)cnn2c1. The van der Waals surface area contributed by atoms with Crippen LogP contribution in [0.1, 0.15) is 49.8 Å². The summed E-state index contributed by atoms with van der Waals surface area (Å²) in [7, 11) is 0. The molecule has 1 aromatic carbocycles. The third-order valence-electron chi connectivity index (χ3n) is 7.05. The molecule has 1 fully saturated rings. The van der Waals surface area contributed by atoms with Crippen molar-refractivity contribution in [3.8, 4) is 17.2 Å². The number of hydrogen-bond donors (Lipinski definition) is 0. The molecule has 4 aromatic rings. The summed E-state index contributed by atoms with van der Waals surface area (Å²) in [6, 6.07) is 19.6. The minimum absolute atomic E-state index is 0.221. The predicted molar refractivity (Wildman–Crippen MR) is 132 cm³/mol. The normalized spacial score (nSPS) is 15.5. The number of aromatic nitrogens is 3. The molecule has 0 unspecified atom stereocenters. The number of piperidine rings is 1. The van der Waals surface area contributed by atoms with Crippen molar-refractivity contribution in [2.24, 2.45) is 0 Å². The van der Waals surface area contributed by atoms with E-state index in [2.05, 4.69) is 78.4 Å². The van der Waals surface area contributed by atoms with Crippen molar-refractivity contribution in [1.29, 1.82) is 5.26 Å². The van der Waals surface area contributed by atoms with E-state index in [0.29, 0.717) is 5.56 Å². The minimum Gasteiger partial charge on any atom is -0.357 e. The van der Waals surface area contributed by atoms with E-state index in [1.807, 2.05) is 16.9 Å². The van der Waals surface area contributed by atoms with Crippen LogP contribution in [-0.4, -0.2) is 27.7 Å². The molecule has 0 N–H and O–H groups in total. The fraction of sp³-hybridized carbons (Fsp3) is 0.321. The topological polar surface area (TPSA) is 57.2 Å². The number of anilines is 1. The third kappa shape index (κ3) is 3.98. The number of pyridine rings is 2. The lowest BCUT2D eigenvalue weighted by atomic mass is 9.74. The summed E-state index contributed by atoms with van der Waals surface area (Å²) in [4.78, 5) is 7.22. The lowest BCUT2D eigenvalue weighted by Crippen LogP contribution is -2.41. The molecule has 0 amide bonds. The molecule has 0 radical (unpaired) electrons. The van der Waals surface area contributed by atoms with Gasteiger partial charge in [0.25, 0.3) is 0 Å². The first-order valence-electron chi connectivity index (χ1n) is 11.8. The lowest BCUT2D eigenvalue weighted by Gasteiger charge is -2.40. The highest BCUT2D eigenvalue weighted by Gasteiger charge is 2.32. The van der Waals surface area contributed by atoms with Crippen LogP contribution in [0.5, 0.6) is 0 Å². The highest BCUT2D eigenvalue weighted by molar-refractivity contribution is 5.84. The average Bonchev–Trinajstić information content (AvgIpc) is 3.28. The molecule has 5 rings (SSSR count). The average molecular weight is 436 g/mol. The van der Waals surface area contributed by atoms with E-state index in [-0.39, 0.29) is 5.41 Å².